The van der Waals surface area contributed by atoms with Gasteiger partial charge in [0.2, 0.25) is 5.91 Å². The molecule has 1 atom stereocenters. The van der Waals surface area contributed by atoms with Gasteiger partial charge in [-0.1, -0.05) is 29.3 Å². The van der Waals surface area contributed by atoms with Crippen LogP contribution in [0.25, 0.3) is 5.69 Å². The van der Waals surface area contributed by atoms with Crippen molar-refractivity contribution in [3.05, 3.63) is 79.3 Å². The average molecular weight is 466 g/mol. The number of anilines is 1. The first-order valence-electron chi connectivity index (χ1n) is 8.72. The van der Waals surface area contributed by atoms with Crippen molar-refractivity contribution in [3.8, 4) is 5.69 Å². The highest BCUT2D eigenvalue weighted by Gasteiger charge is 2.22. The normalized spacial score (nSPS) is 11.7. The number of amides is 2. The second kappa shape index (κ2) is 9.90. The number of halogens is 2. The number of carbonyl (C=O) groups excluding carboxylic acids is 2. The molecule has 156 valence electrons. The van der Waals surface area contributed by atoms with Gasteiger partial charge in [-0.05, 0) is 36.4 Å². The van der Waals surface area contributed by atoms with E-state index in [0.29, 0.717) is 20.6 Å². The Morgan fingerprint density at radius 1 is 1.17 bits per heavy atom. The molecule has 0 bridgehead atoms. The fourth-order valence-corrected chi connectivity index (χ4v) is 3.87. The van der Waals surface area contributed by atoms with E-state index in [1.807, 2.05) is 0 Å². The molecule has 3 rings (SSSR count). The molecule has 0 spiro atoms. The lowest BCUT2D eigenvalue weighted by Gasteiger charge is -2.18. The van der Waals surface area contributed by atoms with Crippen molar-refractivity contribution in [1.29, 1.82) is 0 Å². The van der Waals surface area contributed by atoms with Crippen LogP contribution in [-0.4, -0.2) is 36.1 Å². The molecule has 0 saturated carbocycles. The number of hydrogen-bond donors (Lipinski definition) is 2. The minimum Gasteiger partial charge on any atom is -0.382 e. The summed E-state index contributed by atoms with van der Waals surface area (Å²) < 4.78 is 6.93. The summed E-state index contributed by atoms with van der Waals surface area (Å²) in [6.45, 7) is -0.0259. The molecule has 10 heteroatoms. The van der Waals surface area contributed by atoms with Crippen LogP contribution in [0.2, 0.25) is 9.36 Å². The maximum atomic E-state index is 12.7. The molecular formula is C20H17Cl2N3O4S. The molecule has 1 aromatic carbocycles. The molecule has 30 heavy (non-hydrogen) atoms. The van der Waals surface area contributed by atoms with Crippen LogP contribution >= 0.6 is 34.5 Å². The van der Waals surface area contributed by atoms with Crippen molar-refractivity contribution in [3.63, 3.8) is 0 Å². The molecule has 0 saturated heterocycles. The molecule has 0 radical (unpaired) electrons. The van der Waals surface area contributed by atoms with Gasteiger partial charge in [-0.3, -0.25) is 19.0 Å². The Hall–Kier alpha value is -2.65. The van der Waals surface area contributed by atoms with Crippen LogP contribution in [-0.2, 0) is 9.53 Å². The summed E-state index contributed by atoms with van der Waals surface area (Å²) in [5.41, 5.74) is 0.663. The number of carbonyl (C=O) groups is 2. The van der Waals surface area contributed by atoms with Crippen LogP contribution in [0.1, 0.15) is 9.67 Å². The Balaban J connectivity index is 1.74. The number of hydrogen-bond acceptors (Lipinski definition) is 5. The van der Waals surface area contributed by atoms with Crippen molar-refractivity contribution < 1.29 is 14.3 Å². The highest BCUT2D eigenvalue weighted by molar-refractivity contribution is 7.18. The van der Waals surface area contributed by atoms with E-state index in [2.05, 4.69) is 10.6 Å². The molecule has 0 unspecified atom stereocenters. The predicted molar refractivity (Wildman–Crippen MR) is 118 cm³/mol. The van der Waals surface area contributed by atoms with Crippen LogP contribution in [0.15, 0.2) is 59.5 Å². The van der Waals surface area contributed by atoms with E-state index in [-0.39, 0.29) is 17.2 Å². The Labute approximate surface area is 186 Å². The molecule has 2 N–H and O–H groups in total. The van der Waals surface area contributed by atoms with Crippen molar-refractivity contribution >= 4 is 52.0 Å². The van der Waals surface area contributed by atoms with Crippen LogP contribution in [0.5, 0.6) is 0 Å². The minimum absolute atomic E-state index is 0.0259. The van der Waals surface area contributed by atoms with Gasteiger partial charge < -0.3 is 15.4 Å². The molecule has 2 aromatic heterocycles. The first-order chi connectivity index (χ1) is 14.4. The van der Waals surface area contributed by atoms with E-state index in [1.165, 1.54) is 23.8 Å². The zero-order valence-electron chi connectivity index (χ0n) is 15.7. The summed E-state index contributed by atoms with van der Waals surface area (Å²) in [6, 6.07) is 11.8. The SMILES string of the molecule is COC[C@@H](NC(=O)c1ccc(Cl)s1)C(=O)Nc1ccc(-n2ccccc2=O)c(Cl)c1. The first-order valence-corrected chi connectivity index (χ1v) is 10.3. The van der Waals surface area contributed by atoms with Gasteiger partial charge in [0.05, 0.1) is 26.5 Å². The van der Waals surface area contributed by atoms with E-state index in [9.17, 15) is 14.4 Å². The van der Waals surface area contributed by atoms with Crippen LogP contribution in [0.3, 0.4) is 0 Å². The summed E-state index contributed by atoms with van der Waals surface area (Å²) in [5, 5.41) is 5.60. The van der Waals surface area contributed by atoms with Gasteiger partial charge in [0.1, 0.15) is 6.04 Å². The topological polar surface area (TPSA) is 89.4 Å². The Kier molecular flexibility index (Phi) is 7.28. The number of nitrogens with one attached hydrogen (secondary N) is 2. The molecule has 0 fully saturated rings. The van der Waals surface area contributed by atoms with Gasteiger partial charge in [0.15, 0.2) is 0 Å². The Bertz CT molecular complexity index is 1130. The first kappa shape index (κ1) is 22.0. The number of pyridine rings is 1. The third-order valence-electron chi connectivity index (χ3n) is 4.05. The monoisotopic (exact) mass is 465 g/mol. The molecule has 3 aromatic rings. The van der Waals surface area contributed by atoms with Gasteiger partial charge in [-0.25, -0.2) is 0 Å². The van der Waals surface area contributed by atoms with Crippen molar-refractivity contribution in [1.82, 2.24) is 9.88 Å². The van der Waals surface area contributed by atoms with Crippen molar-refractivity contribution in [2.45, 2.75) is 6.04 Å². The van der Waals surface area contributed by atoms with Gasteiger partial charge in [0, 0.05) is 25.1 Å². The minimum atomic E-state index is -0.932. The number of thiophene rings is 1. The van der Waals surface area contributed by atoms with Crippen LogP contribution in [0.4, 0.5) is 5.69 Å². The molecule has 0 aliphatic carbocycles. The Morgan fingerprint density at radius 2 is 1.97 bits per heavy atom. The fourth-order valence-electron chi connectivity index (χ4n) is 2.65. The second-order valence-electron chi connectivity index (χ2n) is 6.15. The second-order valence-corrected chi connectivity index (χ2v) is 8.27. The van der Waals surface area contributed by atoms with Gasteiger partial charge >= 0.3 is 0 Å². The lowest BCUT2D eigenvalue weighted by molar-refractivity contribution is -0.119. The van der Waals surface area contributed by atoms with Gasteiger partial charge in [-0.2, -0.15) is 0 Å². The van der Waals surface area contributed by atoms with E-state index in [4.69, 9.17) is 27.9 Å². The number of nitrogens with zero attached hydrogens (tertiary/aromatic N) is 1. The summed E-state index contributed by atoms with van der Waals surface area (Å²) in [5.74, 6) is -0.908. The smallest absolute Gasteiger partial charge is 0.262 e. The average Bonchev–Trinajstić information content (AvgIpc) is 3.15. The third kappa shape index (κ3) is 5.28. The highest BCUT2D eigenvalue weighted by atomic mass is 35.5. The van der Waals surface area contributed by atoms with E-state index < -0.39 is 17.9 Å². The Morgan fingerprint density at radius 3 is 2.60 bits per heavy atom. The lowest BCUT2D eigenvalue weighted by atomic mass is 10.2. The van der Waals surface area contributed by atoms with Gasteiger partial charge in [0.25, 0.3) is 11.5 Å². The highest BCUT2D eigenvalue weighted by Crippen LogP contribution is 2.24. The van der Waals surface area contributed by atoms with Crippen LogP contribution < -0.4 is 16.2 Å². The van der Waals surface area contributed by atoms with Crippen molar-refractivity contribution in [2.75, 3.05) is 19.0 Å². The van der Waals surface area contributed by atoms with E-state index in [0.717, 1.165) is 11.3 Å². The summed E-state index contributed by atoms with van der Waals surface area (Å²) in [6.07, 6.45) is 1.60. The zero-order valence-corrected chi connectivity index (χ0v) is 18.1. The zero-order chi connectivity index (χ0) is 21.7. The molecule has 0 aliphatic heterocycles. The van der Waals surface area contributed by atoms with Gasteiger partial charge in [-0.15, -0.1) is 11.3 Å². The summed E-state index contributed by atoms with van der Waals surface area (Å²) in [7, 11) is 1.43. The largest absolute Gasteiger partial charge is 0.382 e. The number of methoxy groups -OCH3 is 1. The van der Waals surface area contributed by atoms with Crippen molar-refractivity contribution in [2.24, 2.45) is 0 Å². The summed E-state index contributed by atoms with van der Waals surface area (Å²) >= 11 is 13.3. The maximum absolute atomic E-state index is 12.7. The standard InChI is InChI=1S/C20H17Cl2N3O4S/c1-29-11-14(24-20(28)16-7-8-17(22)30-16)19(27)23-12-5-6-15(13(21)10-12)25-9-3-2-4-18(25)26/h2-10,14H,11H2,1H3,(H,23,27)(H,24,28)/t14-/m1/s1. The number of benzene rings is 1. The molecule has 2 heterocycles. The third-order valence-corrected chi connectivity index (χ3v) is 5.58. The maximum Gasteiger partial charge on any atom is 0.262 e. The fraction of sp³-hybridized carbons (Fsp3) is 0.150. The van der Waals surface area contributed by atoms with E-state index in [1.54, 1.807) is 42.6 Å². The molecule has 7 nitrogen and oxygen atoms in total. The molecular weight excluding hydrogens is 449 g/mol. The number of rotatable bonds is 7. The number of ether oxygens (including phenoxy) is 1. The van der Waals surface area contributed by atoms with E-state index >= 15 is 0 Å². The van der Waals surface area contributed by atoms with Crippen LogP contribution in [0, 0.1) is 0 Å². The molecule has 0 aliphatic rings. The summed E-state index contributed by atoms with van der Waals surface area (Å²) in [4.78, 5) is 37.4. The molecule has 2 amide bonds. The lowest BCUT2D eigenvalue weighted by Crippen LogP contribution is -2.46. The number of aromatic nitrogens is 1. The quantitative estimate of drug-likeness (QED) is 0.557. The predicted octanol–water partition coefficient (Wildman–Crippen LogP) is 3.59.